The van der Waals surface area contributed by atoms with E-state index in [9.17, 15) is 0 Å². The second kappa shape index (κ2) is 5.18. The smallest absolute Gasteiger partial charge is 0.179 e. The summed E-state index contributed by atoms with van der Waals surface area (Å²) in [6, 6.07) is 8.15. The van der Waals surface area contributed by atoms with Gasteiger partial charge in [-0.15, -0.1) is 0 Å². The van der Waals surface area contributed by atoms with Crippen molar-refractivity contribution < 1.29 is 4.74 Å². The Bertz CT molecular complexity index is 590. The lowest BCUT2D eigenvalue weighted by Gasteiger charge is -2.13. The summed E-state index contributed by atoms with van der Waals surface area (Å²) in [5.41, 5.74) is 3.01. The molecular weight excluding hydrogens is 246 g/mol. The Hall–Kier alpha value is -1.88. The number of hydrogen-bond donors (Lipinski definition) is 1. The van der Waals surface area contributed by atoms with E-state index in [4.69, 9.17) is 17.0 Å². The molecule has 0 radical (unpaired) electrons. The molecule has 94 valence electrons. The third-order valence-electron chi connectivity index (χ3n) is 2.69. The minimum absolute atomic E-state index is 0.461. The Morgan fingerprint density at radius 1 is 1.22 bits per heavy atom. The number of nitrogens with one attached hydrogen (secondary N) is 1. The topological polar surface area (TPSA) is 41.1 Å². The number of aromatic nitrogens is 2. The van der Waals surface area contributed by atoms with Gasteiger partial charge < -0.3 is 14.6 Å². The van der Waals surface area contributed by atoms with Crippen molar-refractivity contribution in [1.82, 2.24) is 9.97 Å². The highest BCUT2D eigenvalue weighted by Gasteiger charge is 2.08. The highest BCUT2D eigenvalue weighted by Crippen LogP contribution is 2.28. The number of hydrogen-bond acceptors (Lipinski definition) is 4. The van der Waals surface area contributed by atoms with Crippen molar-refractivity contribution in [2.24, 2.45) is 0 Å². The maximum Gasteiger partial charge on any atom is 0.179 e. The fourth-order valence-electron chi connectivity index (χ4n) is 1.72. The second-order valence-electron chi connectivity index (χ2n) is 4.06. The van der Waals surface area contributed by atoms with Gasteiger partial charge in [0.2, 0.25) is 0 Å². The first-order valence-electron chi connectivity index (χ1n) is 5.53. The number of benzene rings is 1. The van der Waals surface area contributed by atoms with Crippen molar-refractivity contribution in [2.45, 2.75) is 0 Å². The highest BCUT2D eigenvalue weighted by atomic mass is 32.1. The van der Waals surface area contributed by atoms with E-state index in [2.05, 4.69) is 14.9 Å². The molecule has 1 N–H and O–H groups in total. The molecule has 0 aliphatic carbocycles. The fraction of sp³-hybridized carbons (Fsp3) is 0.231. The number of methoxy groups -OCH3 is 1. The Kier molecular flexibility index (Phi) is 3.62. The first kappa shape index (κ1) is 12.6. The van der Waals surface area contributed by atoms with Gasteiger partial charge >= 0.3 is 0 Å². The van der Waals surface area contributed by atoms with Crippen LogP contribution in [0.1, 0.15) is 0 Å². The fourth-order valence-corrected chi connectivity index (χ4v) is 1.95. The Balaban J connectivity index is 2.49. The molecule has 0 fully saturated rings. The number of H-pyrrole nitrogens is 1. The molecule has 0 aliphatic rings. The lowest BCUT2D eigenvalue weighted by molar-refractivity contribution is 0.411. The minimum atomic E-state index is 0.461. The van der Waals surface area contributed by atoms with Crippen LogP contribution in [0.2, 0.25) is 0 Å². The number of rotatable bonds is 3. The van der Waals surface area contributed by atoms with Crippen LogP contribution in [0.3, 0.4) is 0 Å². The molecule has 0 spiro atoms. The second-order valence-corrected chi connectivity index (χ2v) is 4.44. The highest BCUT2D eigenvalue weighted by molar-refractivity contribution is 7.71. The van der Waals surface area contributed by atoms with Crippen molar-refractivity contribution in [3.05, 3.63) is 35.2 Å². The van der Waals surface area contributed by atoms with Crippen LogP contribution in [-0.2, 0) is 0 Å². The van der Waals surface area contributed by atoms with Crippen LogP contribution in [0.25, 0.3) is 11.3 Å². The summed E-state index contributed by atoms with van der Waals surface area (Å²) < 4.78 is 5.76. The molecule has 0 saturated heterocycles. The van der Waals surface area contributed by atoms with Crippen molar-refractivity contribution in [2.75, 3.05) is 26.1 Å². The van der Waals surface area contributed by atoms with Crippen LogP contribution in [0.15, 0.2) is 30.6 Å². The minimum Gasteiger partial charge on any atom is -0.491 e. The summed E-state index contributed by atoms with van der Waals surface area (Å²) in [6.45, 7) is 0. The molecule has 0 amide bonds. The number of nitrogens with zero attached hydrogens (tertiary/aromatic N) is 2. The Labute approximate surface area is 111 Å². The number of anilines is 1. The molecule has 1 aromatic carbocycles. The van der Waals surface area contributed by atoms with Crippen LogP contribution < -0.4 is 9.64 Å². The van der Waals surface area contributed by atoms with E-state index in [1.807, 2.05) is 38.4 Å². The molecule has 2 aromatic rings. The average molecular weight is 261 g/mol. The van der Waals surface area contributed by atoms with E-state index in [-0.39, 0.29) is 0 Å². The van der Waals surface area contributed by atoms with E-state index in [0.717, 1.165) is 16.9 Å². The molecule has 4 nitrogen and oxygen atoms in total. The van der Waals surface area contributed by atoms with E-state index in [0.29, 0.717) is 10.4 Å². The molecule has 2 rings (SSSR count). The summed E-state index contributed by atoms with van der Waals surface area (Å²) in [5, 5.41) is 0. The monoisotopic (exact) mass is 261 g/mol. The van der Waals surface area contributed by atoms with Crippen LogP contribution in [0, 0.1) is 4.64 Å². The average Bonchev–Trinajstić information content (AvgIpc) is 2.38. The van der Waals surface area contributed by atoms with Crippen molar-refractivity contribution in [3.8, 4) is 17.0 Å². The maximum absolute atomic E-state index is 5.30. The summed E-state index contributed by atoms with van der Waals surface area (Å²) in [6.07, 6.45) is 1.58. The Morgan fingerprint density at radius 3 is 2.44 bits per heavy atom. The molecular formula is C13H15N3OS. The van der Waals surface area contributed by atoms with Gasteiger partial charge in [-0.3, -0.25) is 0 Å². The molecule has 18 heavy (non-hydrogen) atoms. The van der Waals surface area contributed by atoms with E-state index in [1.54, 1.807) is 13.4 Å². The molecule has 0 atom stereocenters. The van der Waals surface area contributed by atoms with Gasteiger partial charge in [-0.05, 0) is 12.1 Å². The summed E-state index contributed by atoms with van der Waals surface area (Å²) in [5.74, 6) is 0.602. The summed E-state index contributed by atoms with van der Waals surface area (Å²) in [4.78, 5) is 9.14. The molecule has 0 saturated carbocycles. The third-order valence-corrected chi connectivity index (χ3v) is 2.98. The van der Waals surface area contributed by atoms with Crippen LogP contribution in [0.5, 0.6) is 5.75 Å². The predicted octanol–water partition coefficient (Wildman–Crippen LogP) is 2.88. The van der Waals surface area contributed by atoms with Crippen LogP contribution >= 0.6 is 12.2 Å². The third kappa shape index (κ3) is 2.36. The van der Waals surface area contributed by atoms with Crippen molar-refractivity contribution >= 4 is 17.9 Å². The number of ether oxygens (including phenoxy) is 1. The molecule has 1 heterocycles. The van der Waals surface area contributed by atoms with E-state index >= 15 is 0 Å². The van der Waals surface area contributed by atoms with Gasteiger partial charge in [0, 0.05) is 25.3 Å². The lowest BCUT2D eigenvalue weighted by atomic mass is 10.1. The van der Waals surface area contributed by atoms with Gasteiger partial charge in [0.05, 0.1) is 19.1 Å². The Morgan fingerprint density at radius 2 is 1.89 bits per heavy atom. The van der Waals surface area contributed by atoms with Gasteiger partial charge in [-0.1, -0.05) is 24.4 Å². The first-order chi connectivity index (χ1) is 8.63. The predicted molar refractivity (Wildman–Crippen MR) is 75.7 cm³/mol. The van der Waals surface area contributed by atoms with Crippen LogP contribution in [-0.4, -0.2) is 31.2 Å². The van der Waals surface area contributed by atoms with Crippen molar-refractivity contribution in [3.63, 3.8) is 0 Å². The molecule has 0 unspecified atom stereocenters. The SMILES string of the molecule is COc1c(-c2ccc(N(C)C)cc2)[nH]cnc1=S. The van der Waals surface area contributed by atoms with E-state index in [1.165, 1.54) is 0 Å². The summed E-state index contributed by atoms with van der Waals surface area (Å²) in [7, 11) is 5.61. The zero-order chi connectivity index (χ0) is 13.1. The van der Waals surface area contributed by atoms with Gasteiger partial charge in [0.1, 0.15) is 0 Å². The molecule has 0 aliphatic heterocycles. The van der Waals surface area contributed by atoms with E-state index < -0.39 is 0 Å². The van der Waals surface area contributed by atoms with Crippen molar-refractivity contribution in [1.29, 1.82) is 0 Å². The standard InChI is InChI=1S/C13H15N3OS/c1-16(2)10-6-4-9(5-7-10)11-12(17-3)13(18)15-8-14-11/h4-8H,1-3H3,(H,14,15,18). The molecule has 5 heteroatoms. The quantitative estimate of drug-likeness (QED) is 0.863. The molecule has 0 bridgehead atoms. The van der Waals surface area contributed by atoms with Gasteiger partial charge in [0.25, 0.3) is 0 Å². The summed E-state index contributed by atoms with van der Waals surface area (Å²) >= 11 is 5.14. The van der Waals surface area contributed by atoms with Gasteiger partial charge in [0.15, 0.2) is 10.4 Å². The zero-order valence-electron chi connectivity index (χ0n) is 10.6. The van der Waals surface area contributed by atoms with Crippen LogP contribution in [0.4, 0.5) is 5.69 Å². The molecule has 1 aromatic heterocycles. The van der Waals surface area contributed by atoms with Gasteiger partial charge in [-0.2, -0.15) is 0 Å². The zero-order valence-corrected chi connectivity index (χ0v) is 11.4. The van der Waals surface area contributed by atoms with Gasteiger partial charge in [-0.25, -0.2) is 4.98 Å². The normalized spacial score (nSPS) is 10.2. The lowest BCUT2D eigenvalue weighted by Crippen LogP contribution is -2.08. The first-order valence-corrected chi connectivity index (χ1v) is 5.93. The largest absolute Gasteiger partial charge is 0.491 e. The number of aromatic amines is 1. The maximum atomic E-state index is 5.30.